The number of fused-ring (bicyclic) bond motifs is 1. The summed E-state index contributed by atoms with van der Waals surface area (Å²) in [6, 6.07) is 0. The molecule has 0 aromatic carbocycles. The number of Topliss-reactive ketones (excluding diaryl/α,β-unsaturated/α-hetero) is 1. The molecule has 0 N–H and O–H groups in total. The van der Waals surface area contributed by atoms with Crippen LogP contribution >= 0.6 is 23.4 Å². The summed E-state index contributed by atoms with van der Waals surface area (Å²) in [7, 11) is 0. The molecule has 2 aliphatic heterocycles. The molecule has 4 heteroatoms. The van der Waals surface area contributed by atoms with Gasteiger partial charge in [-0.3, -0.25) is 9.79 Å². The third kappa shape index (κ3) is 1.71. The number of allylic oxidation sites excluding steroid dienone is 3. The van der Waals surface area contributed by atoms with Crippen molar-refractivity contribution in [1.29, 1.82) is 0 Å². The molecule has 3 rings (SSSR count). The molecule has 90 valence electrons. The number of hydrogen-bond donors (Lipinski definition) is 0. The van der Waals surface area contributed by atoms with Gasteiger partial charge < -0.3 is 0 Å². The van der Waals surface area contributed by atoms with Gasteiger partial charge in [0.25, 0.3) is 0 Å². The first-order chi connectivity index (χ1) is 8.22. The second kappa shape index (κ2) is 4.29. The number of aliphatic imine (C=N–C) groups is 1. The Hall–Kier alpha value is -0.540. The fraction of sp³-hybridized carbons (Fsp3) is 0.538. The zero-order valence-electron chi connectivity index (χ0n) is 9.70. The summed E-state index contributed by atoms with van der Waals surface area (Å²) in [4.78, 5) is 18.1. The molecule has 1 aliphatic carbocycles. The third-order valence-corrected chi connectivity index (χ3v) is 5.22. The highest BCUT2D eigenvalue weighted by molar-refractivity contribution is 8.17. The van der Waals surface area contributed by atoms with Crippen LogP contribution in [-0.2, 0) is 4.79 Å². The van der Waals surface area contributed by atoms with Gasteiger partial charge in [-0.25, -0.2) is 0 Å². The van der Waals surface area contributed by atoms with Crippen LogP contribution in [-0.4, -0.2) is 16.7 Å². The maximum absolute atomic E-state index is 12.4. The molecule has 0 radical (unpaired) electrons. The molecule has 3 aliphatic rings. The first kappa shape index (κ1) is 11.5. The van der Waals surface area contributed by atoms with Gasteiger partial charge in [-0.2, -0.15) is 0 Å². The van der Waals surface area contributed by atoms with Gasteiger partial charge in [0.1, 0.15) is 0 Å². The maximum Gasteiger partial charge on any atom is 0.175 e. The van der Waals surface area contributed by atoms with Crippen molar-refractivity contribution in [3.05, 3.63) is 22.3 Å². The Balaban J connectivity index is 1.97. The summed E-state index contributed by atoms with van der Waals surface area (Å²) in [5.41, 5.74) is 1.99. The Labute approximate surface area is 110 Å². The van der Waals surface area contributed by atoms with Gasteiger partial charge in [0, 0.05) is 11.8 Å². The molecule has 17 heavy (non-hydrogen) atoms. The highest BCUT2D eigenvalue weighted by Gasteiger charge is 2.43. The minimum atomic E-state index is -0.0935. The highest BCUT2D eigenvalue weighted by atomic mass is 35.5. The fourth-order valence-corrected chi connectivity index (χ4v) is 4.07. The van der Waals surface area contributed by atoms with Crippen molar-refractivity contribution in [3.63, 3.8) is 0 Å². The van der Waals surface area contributed by atoms with Crippen molar-refractivity contribution in [2.24, 2.45) is 16.8 Å². The zero-order valence-corrected chi connectivity index (χ0v) is 11.3. The quantitative estimate of drug-likeness (QED) is 0.717. The number of halogens is 1. The Morgan fingerprint density at radius 1 is 1.53 bits per heavy atom. The van der Waals surface area contributed by atoms with Crippen molar-refractivity contribution in [3.8, 4) is 0 Å². The van der Waals surface area contributed by atoms with Crippen LogP contribution in [0.4, 0.5) is 0 Å². The van der Waals surface area contributed by atoms with E-state index in [1.165, 1.54) is 29.7 Å². The van der Waals surface area contributed by atoms with E-state index in [0.717, 1.165) is 5.04 Å². The number of carbonyl (C=O) groups is 1. The lowest BCUT2D eigenvalue weighted by Crippen LogP contribution is -2.30. The maximum atomic E-state index is 12.4. The van der Waals surface area contributed by atoms with Crippen LogP contribution in [0.25, 0.3) is 0 Å². The first-order valence-corrected chi connectivity index (χ1v) is 7.33. The van der Waals surface area contributed by atoms with Crippen LogP contribution in [0.5, 0.6) is 0 Å². The second-order valence-corrected chi connectivity index (χ2v) is 6.30. The molecule has 0 bridgehead atoms. The van der Waals surface area contributed by atoms with E-state index in [2.05, 4.69) is 11.9 Å². The van der Waals surface area contributed by atoms with Gasteiger partial charge in [-0.05, 0) is 36.2 Å². The Morgan fingerprint density at radius 3 is 2.88 bits per heavy atom. The van der Waals surface area contributed by atoms with Crippen molar-refractivity contribution < 1.29 is 4.79 Å². The minimum absolute atomic E-state index is 0.0935. The second-order valence-electron chi connectivity index (χ2n) is 4.79. The topological polar surface area (TPSA) is 29.4 Å². The molecule has 0 saturated heterocycles. The Kier molecular flexibility index (Phi) is 2.91. The lowest BCUT2D eigenvalue weighted by atomic mass is 9.73. The van der Waals surface area contributed by atoms with Crippen LogP contribution < -0.4 is 0 Å². The molecule has 1 unspecified atom stereocenters. The van der Waals surface area contributed by atoms with E-state index in [9.17, 15) is 4.79 Å². The highest BCUT2D eigenvalue weighted by Crippen LogP contribution is 2.49. The van der Waals surface area contributed by atoms with Crippen LogP contribution in [0, 0.1) is 11.8 Å². The average molecular weight is 268 g/mol. The fourth-order valence-electron chi connectivity index (χ4n) is 2.70. The van der Waals surface area contributed by atoms with E-state index in [4.69, 9.17) is 11.6 Å². The van der Waals surface area contributed by atoms with Crippen molar-refractivity contribution >= 4 is 34.2 Å². The van der Waals surface area contributed by atoms with Crippen LogP contribution in [0.3, 0.4) is 0 Å². The molecular weight excluding hydrogens is 254 g/mol. The molecule has 2 nitrogen and oxygen atoms in total. The summed E-state index contributed by atoms with van der Waals surface area (Å²) in [6.45, 7) is 2.12. The van der Waals surface area contributed by atoms with Crippen LogP contribution in [0.15, 0.2) is 27.2 Å². The van der Waals surface area contributed by atoms with Gasteiger partial charge in [0.15, 0.2) is 5.78 Å². The van der Waals surface area contributed by atoms with E-state index in [-0.39, 0.29) is 17.6 Å². The minimum Gasteiger partial charge on any atom is -0.293 e. The Bertz CT molecular complexity index is 474. The van der Waals surface area contributed by atoms with Crippen LogP contribution in [0.2, 0.25) is 0 Å². The third-order valence-electron chi connectivity index (χ3n) is 3.84. The first-order valence-electron chi connectivity index (χ1n) is 5.97. The van der Waals surface area contributed by atoms with Crippen molar-refractivity contribution in [2.75, 3.05) is 5.88 Å². The van der Waals surface area contributed by atoms with E-state index in [0.29, 0.717) is 11.5 Å². The van der Waals surface area contributed by atoms with Gasteiger partial charge >= 0.3 is 0 Å². The number of nitrogens with zero attached hydrogens (tertiary/aromatic N) is 1. The predicted octanol–water partition coefficient (Wildman–Crippen LogP) is 3.53. The summed E-state index contributed by atoms with van der Waals surface area (Å²) in [5, 5.41) is 0.961. The average Bonchev–Trinajstić information content (AvgIpc) is 2.55. The standard InChI is InChI=1S/C13H14ClNOS/c1-7-10(8-3-2-4-8)11-12(16)9(5-14)6-15-13(11)17-7/h6,8,11H,2-5H2,1H3. The summed E-state index contributed by atoms with van der Waals surface area (Å²) in [6.07, 6.45) is 5.39. The lowest BCUT2D eigenvalue weighted by Gasteiger charge is -2.31. The van der Waals surface area contributed by atoms with Gasteiger partial charge in [0.2, 0.25) is 0 Å². The monoisotopic (exact) mass is 267 g/mol. The molecule has 1 saturated carbocycles. The zero-order chi connectivity index (χ0) is 12.0. The molecular formula is C13H14ClNOS. The van der Waals surface area contributed by atoms with Crippen LogP contribution in [0.1, 0.15) is 26.2 Å². The number of thioether (sulfide) groups is 1. The number of ketones is 1. The lowest BCUT2D eigenvalue weighted by molar-refractivity contribution is -0.116. The predicted molar refractivity (Wildman–Crippen MR) is 72.4 cm³/mol. The molecule has 1 fully saturated rings. The number of carbonyl (C=O) groups excluding carboxylic acids is 1. The molecule has 0 aromatic heterocycles. The molecule has 0 aromatic rings. The normalized spacial score (nSPS) is 28.8. The summed E-state index contributed by atoms with van der Waals surface area (Å²) in [5.74, 6) is 0.965. The van der Waals surface area contributed by atoms with Crippen molar-refractivity contribution in [2.45, 2.75) is 26.2 Å². The smallest absolute Gasteiger partial charge is 0.175 e. The van der Waals surface area contributed by atoms with E-state index < -0.39 is 0 Å². The van der Waals surface area contributed by atoms with Gasteiger partial charge in [0.05, 0.1) is 16.8 Å². The summed E-state index contributed by atoms with van der Waals surface area (Å²) < 4.78 is 0. The molecule has 0 spiro atoms. The molecule has 2 heterocycles. The number of alkyl halides is 1. The van der Waals surface area contributed by atoms with E-state index in [1.807, 2.05) is 0 Å². The molecule has 1 atom stereocenters. The number of rotatable bonds is 2. The summed E-state index contributed by atoms with van der Waals surface area (Å²) >= 11 is 7.47. The largest absolute Gasteiger partial charge is 0.293 e. The Morgan fingerprint density at radius 2 is 2.29 bits per heavy atom. The van der Waals surface area contributed by atoms with Gasteiger partial charge in [-0.1, -0.05) is 18.2 Å². The van der Waals surface area contributed by atoms with Gasteiger partial charge in [-0.15, -0.1) is 11.6 Å². The van der Waals surface area contributed by atoms with E-state index in [1.54, 1.807) is 18.0 Å². The SMILES string of the molecule is CC1=C(C2CCC2)C2C(=O)C(CCl)=CN=C2S1. The number of hydrogen-bond acceptors (Lipinski definition) is 3. The van der Waals surface area contributed by atoms with Crippen molar-refractivity contribution in [1.82, 2.24) is 0 Å². The molecule has 0 amide bonds. The van der Waals surface area contributed by atoms with E-state index >= 15 is 0 Å².